The first-order chi connectivity index (χ1) is 8.84. The Bertz CT molecular complexity index is 513. The van der Waals surface area contributed by atoms with E-state index in [1.54, 1.807) is 0 Å². The molecule has 3 heterocycles. The molecule has 1 N–H and O–H groups in total. The SMILES string of the molecule is Cc1nnc(C2CCCN2)n1Cc1ccncc1. The number of rotatable bonds is 3. The van der Waals surface area contributed by atoms with Crippen molar-refractivity contribution in [2.24, 2.45) is 0 Å². The van der Waals surface area contributed by atoms with Gasteiger partial charge in [0.1, 0.15) is 5.82 Å². The summed E-state index contributed by atoms with van der Waals surface area (Å²) in [5.74, 6) is 2.03. The summed E-state index contributed by atoms with van der Waals surface area (Å²) in [6.45, 7) is 3.90. The molecular formula is C13H17N5. The third-order valence-electron chi connectivity index (χ3n) is 3.43. The van der Waals surface area contributed by atoms with Crippen molar-refractivity contribution in [1.29, 1.82) is 0 Å². The summed E-state index contributed by atoms with van der Waals surface area (Å²) in [6.07, 6.45) is 6.01. The molecular weight excluding hydrogens is 226 g/mol. The first-order valence-electron chi connectivity index (χ1n) is 6.36. The highest BCUT2D eigenvalue weighted by Gasteiger charge is 2.22. The lowest BCUT2D eigenvalue weighted by Gasteiger charge is -2.13. The summed E-state index contributed by atoms with van der Waals surface area (Å²) in [7, 11) is 0. The molecule has 1 aliphatic rings. The molecule has 0 radical (unpaired) electrons. The highest BCUT2D eigenvalue weighted by molar-refractivity contribution is 5.13. The Morgan fingerprint density at radius 3 is 2.89 bits per heavy atom. The summed E-state index contributed by atoms with van der Waals surface area (Å²) in [6, 6.07) is 4.42. The Morgan fingerprint density at radius 2 is 2.17 bits per heavy atom. The lowest BCUT2D eigenvalue weighted by molar-refractivity contribution is 0.560. The fourth-order valence-electron chi connectivity index (χ4n) is 2.43. The molecule has 5 heteroatoms. The Balaban J connectivity index is 1.88. The Labute approximate surface area is 106 Å². The molecule has 1 aliphatic heterocycles. The minimum Gasteiger partial charge on any atom is -0.309 e. The molecule has 1 saturated heterocycles. The maximum absolute atomic E-state index is 4.33. The number of hydrogen-bond donors (Lipinski definition) is 1. The van der Waals surface area contributed by atoms with Gasteiger partial charge in [-0.25, -0.2) is 0 Å². The molecule has 2 aromatic rings. The summed E-state index contributed by atoms with van der Waals surface area (Å²) in [5.41, 5.74) is 1.23. The highest BCUT2D eigenvalue weighted by atomic mass is 15.3. The molecule has 3 rings (SSSR count). The van der Waals surface area contributed by atoms with Crippen molar-refractivity contribution < 1.29 is 0 Å². The van der Waals surface area contributed by atoms with Crippen LogP contribution < -0.4 is 5.32 Å². The van der Waals surface area contributed by atoms with E-state index < -0.39 is 0 Å². The molecule has 0 spiro atoms. The standard InChI is InChI=1S/C13H17N5/c1-10-16-17-13(12-3-2-6-15-12)18(10)9-11-4-7-14-8-5-11/h4-5,7-8,12,15H,2-3,6,9H2,1H3. The topological polar surface area (TPSA) is 55.6 Å². The van der Waals surface area contributed by atoms with Crippen LogP contribution >= 0.6 is 0 Å². The largest absolute Gasteiger partial charge is 0.309 e. The van der Waals surface area contributed by atoms with Crippen LogP contribution in [0, 0.1) is 6.92 Å². The number of aromatic nitrogens is 4. The number of hydrogen-bond acceptors (Lipinski definition) is 4. The van der Waals surface area contributed by atoms with E-state index in [9.17, 15) is 0 Å². The van der Waals surface area contributed by atoms with Crippen molar-refractivity contribution in [2.75, 3.05) is 6.54 Å². The van der Waals surface area contributed by atoms with E-state index in [1.165, 1.54) is 12.0 Å². The van der Waals surface area contributed by atoms with Crippen molar-refractivity contribution in [2.45, 2.75) is 32.4 Å². The third-order valence-corrected chi connectivity index (χ3v) is 3.43. The van der Waals surface area contributed by atoms with Gasteiger partial charge in [-0.3, -0.25) is 4.98 Å². The Hall–Kier alpha value is -1.75. The zero-order valence-corrected chi connectivity index (χ0v) is 10.5. The lowest BCUT2D eigenvalue weighted by Crippen LogP contribution is -2.19. The van der Waals surface area contributed by atoms with Crippen molar-refractivity contribution in [1.82, 2.24) is 25.1 Å². The van der Waals surface area contributed by atoms with Crippen LogP contribution in [0.3, 0.4) is 0 Å². The van der Waals surface area contributed by atoms with Crippen LogP contribution in [0.2, 0.25) is 0 Å². The molecule has 94 valence electrons. The van der Waals surface area contributed by atoms with Gasteiger partial charge in [-0.05, 0) is 44.0 Å². The zero-order valence-electron chi connectivity index (χ0n) is 10.5. The molecule has 0 aromatic carbocycles. The van der Waals surface area contributed by atoms with Crippen molar-refractivity contribution >= 4 is 0 Å². The van der Waals surface area contributed by atoms with Gasteiger partial charge in [0.25, 0.3) is 0 Å². The van der Waals surface area contributed by atoms with E-state index >= 15 is 0 Å². The van der Waals surface area contributed by atoms with Gasteiger partial charge >= 0.3 is 0 Å². The van der Waals surface area contributed by atoms with Gasteiger partial charge in [0, 0.05) is 12.4 Å². The van der Waals surface area contributed by atoms with Gasteiger partial charge in [-0.1, -0.05) is 0 Å². The van der Waals surface area contributed by atoms with E-state index in [0.29, 0.717) is 6.04 Å². The maximum Gasteiger partial charge on any atom is 0.150 e. The molecule has 1 unspecified atom stereocenters. The molecule has 1 fully saturated rings. The van der Waals surface area contributed by atoms with Gasteiger partial charge in [-0.2, -0.15) is 0 Å². The molecule has 0 aliphatic carbocycles. The zero-order chi connectivity index (χ0) is 12.4. The number of pyridine rings is 1. The molecule has 18 heavy (non-hydrogen) atoms. The molecule has 0 bridgehead atoms. The smallest absolute Gasteiger partial charge is 0.150 e. The average molecular weight is 243 g/mol. The van der Waals surface area contributed by atoms with E-state index in [1.807, 2.05) is 31.5 Å². The van der Waals surface area contributed by atoms with Crippen LogP contribution in [0.1, 0.15) is 36.1 Å². The molecule has 1 atom stereocenters. The Morgan fingerprint density at radius 1 is 1.33 bits per heavy atom. The van der Waals surface area contributed by atoms with Crippen LogP contribution in [0.4, 0.5) is 0 Å². The predicted octanol–water partition coefficient (Wildman–Crippen LogP) is 1.45. The van der Waals surface area contributed by atoms with Crippen molar-refractivity contribution in [3.63, 3.8) is 0 Å². The van der Waals surface area contributed by atoms with Crippen molar-refractivity contribution in [3.05, 3.63) is 41.7 Å². The molecule has 0 amide bonds. The van der Waals surface area contributed by atoms with Gasteiger partial charge in [0.05, 0.1) is 12.6 Å². The van der Waals surface area contributed by atoms with Crippen LogP contribution in [0.25, 0.3) is 0 Å². The first-order valence-corrected chi connectivity index (χ1v) is 6.36. The highest BCUT2D eigenvalue weighted by Crippen LogP contribution is 2.22. The second-order valence-corrected chi connectivity index (χ2v) is 4.70. The minimum absolute atomic E-state index is 0.355. The number of nitrogens with one attached hydrogen (secondary N) is 1. The quantitative estimate of drug-likeness (QED) is 0.886. The summed E-state index contributed by atoms with van der Waals surface area (Å²) in [4.78, 5) is 4.04. The fraction of sp³-hybridized carbons (Fsp3) is 0.462. The normalized spacial score (nSPS) is 19.3. The third kappa shape index (κ3) is 2.13. The van der Waals surface area contributed by atoms with Gasteiger partial charge in [-0.15, -0.1) is 10.2 Å². The second-order valence-electron chi connectivity index (χ2n) is 4.70. The summed E-state index contributed by atoms with van der Waals surface area (Å²) >= 11 is 0. The molecule has 0 saturated carbocycles. The van der Waals surface area contributed by atoms with E-state index in [0.717, 1.165) is 31.2 Å². The van der Waals surface area contributed by atoms with E-state index in [4.69, 9.17) is 0 Å². The average Bonchev–Trinajstić information content (AvgIpc) is 3.02. The van der Waals surface area contributed by atoms with Gasteiger partial charge < -0.3 is 9.88 Å². The van der Waals surface area contributed by atoms with Crippen LogP contribution in [-0.2, 0) is 6.54 Å². The van der Waals surface area contributed by atoms with Gasteiger partial charge in [0.2, 0.25) is 0 Å². The maximum atomic E-state index is 4.33. The molecule has 5 nitrogen and oxygen atoms in total. The lowest BCUT2D eigenvalue weighted by atomic mass is 10.2. The van der Waals surface area contributed by atoms with Crippen LogP contribution in [-0.4, -0.2) is 26.3 Å². The van der Waals surface area contributed by atoms with Crippen LogP contribution in [0.5, 0.6) is 0 Å². The summed E-state index contributed by atoms with van der Waals surface area (Å²) in [5, 5.41) is 12.0. The minimum atomic E-state index is 0.355. The molecule has 2 aromatic heterocycles. The monoisotopic (exact) mass is 243 g/mol. The van der Waals surface area contributed by atoms with E-state index in [-0.39, 0.29) is 0 Å². The van der Waals surface area contributed by atoms with Gasteiger partial charge in [0.15, 0.2) is 5.82 Å². The number of nitrogens with zero attached hydrogens (tertiary/aromatic N) is 4. The predicted molar refractivity (Wildman–Crippen MR) is 68.1 cm³/mol. The second kappa shape index (κ2) is 4.86. The summed E-state index contributed by atoms with van der Waals surface area (Å²) < 4.78 is 2.19. The fourth-order valence-corrected chi connectivity index (χ4v) is 2.43. The van der Waals surface area contributed by atoms with Crippen LogP contribution in [0.15, 0.2) is 24.5 Å². The van der Waals surface area contributed by atoms with E-state index in [2.05, 4.69) is 25.1 Å². The number of aryl methyl sites for hydroxylation is 1. The Kier molecular flexibility index (Phi) is 3.06. The van der Waals surface area contributed by atoms with Crippen molar-refractivity contribution in [3.8, 4) is 0 Å². The first kappa shape index (κ1) is 11.3.